The Balaban J connectivity index is 1.97. The molecule has 7 nitrogen and oxygen atoms in total. The molecule has 8 heteroatoms. The molecule has 1 heterocycles. The molecule has 170 valence electrons. The highest BCUT2D eigenvalue weighted by atomic mass is 35.5. The number of nitrogens with zero attached hydrogens (tertiary/aromatic N) is 5. The minimum atomic E-state index is -0.0360. The van der Waals surface area contributed by atoms with Crippen LogP contribution in [-0.2, 0) is 0 Å². The van der Waals surface area contributed by atoms with E-state index in [1.54, 1.807) is 41.4 Å². The third kappa shape index (κ3) is 7.28. The normalized spacial score (nSPS) is 14.3. The summed E-state index contributed by atoms with van der Waals surface area (Å²) in [5.74, 6) is 1.33. The third-order valence-electron chi connectivity index (χ3n) is 5.22. The lowest BCUT2D eigenvalue weighted by atomic mass is 9.88. The number of ether oxygens (including phenoxy) is 1. The molecule has 2 rings (SSSR count). The summed E-state index contributed by atoms with van der Waals surface area (Å²) in [6.45, 7) is 11.0. The first-order chi connectivity index (χ1) is 14.6. The van der Waals surface area contributed by atoms with Crippen molar-refractivity contribution in [1.29, 1.82) is 0 Å². The Morgan fingerprint density at radius 2 is 2.06 bits per heavy atom. The molecule has 0 aliphatic carbocycles. The molecule has 1 aromatic carbocycles. The number of anilines is 1. The van der Waals surface area contributed by atoms with Gasteiger partial charge in [0.1, 0.15) is 11.6 Å². The Bertz CT molecular complexity index is 837. The van der Waals surface area contributed by atoms with E-state index in [0.717, 1.165) is 25.1 Å². The van der Waals surface area contributed by atoms with Gasteiger partial charge < -0.3 is 14.5 Å². The Morgan fingerprint density at radius 1 is 1.32 bits per heavy atom. The van der Waals surface area contributed by atoms with E-state index in [9.17, 15) is 4.79 Å². The zero-order valence-electron chi connectivity index (χ0n) is 19.3. The lowest BCUT2D eigenvalue weighted by molar-refractivity contribution is 0.188. The fourth-order valence-corrected chi connectivity index (χ4v) is 3.58. The third-order valence-corrected chi connectivity index (χ3v) is 5.46. The monoisotopic (exact) mass is 447 g/mol. The first-order valence-corrected chi connectivity index (χ1v) is 10.8. The molecule has 1 aliphatic heterocycles. The number of hydrogen-bond donors (Lipinski definition) is 0. The number of hydrogen-bond acceptors (Lipinski definition) is 5. The number of benzene rings is 1. The SMILES string of the molecule is C=C(N=CC=NC)N(C)CC(C)(C)CCN(C)C(=O)N1CCCOc2cc(Cl)ccc21. The van der Waals surface area contributed by atoms with Crippen LogP contribution in [0.25, 0.3) is 0 Å². The molecule has 0 N–H and O–H groups in total. The maximum absolute atomic E-state index is 13.2. The Labute approximate surface area is 191 Å². The van der Waals surface area contributed by atoms with Crippen molar-refractivity contribution in [2.24, 2.45) is 15.4 Å². The molecule has 1 aromatic rings. The molecule has 0 bridgehead atoms. The summed E-state index contributed by atoms with van der Waals surface area (Å²) in [7, 11) is 5.52. The van der Waals surface area contributed by atoms with Crippen LogP contribution in [0.3, 0.4) is 0 Å². The molecule has 31 heavy (non-hydrogen) atoms. The summed E-state index contributed by atoms with van der Waals surface area (Å²) in [6, 6.07) is 5.37. The smallest absolute Gasteiger partial charge is 0.324 e. The molecular weight excluding hydrogens is 414 g/mol. The standard InChI is InChI=1S/C23H34ClN5O2/c1-18(26-12-11-25-4)28(6)17-23(2,3)10-14-27(5)22(30)29-13-7-15-31-21-16-19(24)8-9-20(21)29/h8-9,11-12,16H,1,7,10,13-15,17H2,2-6H3. The first-order valence-electron chi connectivity index (χ1n) is 10.4. The van der Waals surface area contributed by atoms with Crippen LogP contribution in [0.15, 0.2) is 40.6 Å². The minimum absolute atomic E-state index is 0.0338. The molecule has 0 radical (unpaired) electrons. The zero-order valence-corrected chi connectivity index (χ0v) is 20.0. The second kappa shape index (κ2) is 11.2. The lowest BCUT2D eigenvalue weighted by Gasteiger charge is -2.34. The second-order valence-electron chi connectivity index (χ2n) is 8.54. The first kappa shape index (κ1) is 24.7. The van der Waals surface area contributed by atoms with Gasteiger partial charge >= 0.3 is 6.03 Å². The Hall–Kier alpha value is -2.54. The van der Waals surface area contributed by atoms with E-state index in [1.165, 1.54) is 0 Å². The van der Waals surface area contributed by atoms with Crippen LogP contribution in [-0.4, -0.2) is 75.6 Å². The van der Waals surface area contributed by atoms with Crippen molar-refractivity contribution in [1.82, 2.24) is 9.80 Å². The van der Waals surface area contributed by atoms with Gasteiger partial charge in [-0.3, -0.25) is 9.89 Å². The summed E-state index contributed by atoms with van der Waals surface area (Å²) in [6.07, 6.45) is 4.87. The number of halogens is 1. The zero-order chi connectivity index (χ0) is 23.0. The van der Waals surface area contributed by atoms with E-state index < -0.39 is 0 Å². The Morgan fingerprint density at radius 3 is 2.77 bits per heavy atom. The van der Waals surface area contributed by atoms with Crippen LogP contribution in [0, 0.1) is 5.41 Å². The van der Waals surface area contributed by atoms with Crippen molar-refractivity contribution < 1.29 is 9.53 Å². The maximum atomic E-state index is 13.2. The lowest BCUT2D eigenvalue weighted by Crippen LogP contribution is -2.43. The predicted molar refractivity (Wildman–Crippen MR) is 130 cm³/mol. The van der Waals surface area contributed by atoms with Gasteiger partial charge in [-0.15, -0.1) is 0 Å². The van der Waals surface area contributed by atoms with Crippen molar-refractivity contribution in [2.75, 3.05) is 52.3 Å². The van der Waals surface area contributed by atoms with Crippen LogP contribution in [0.5, 0.6) is 5.75 Å². The molecule has 0 unspecified atom stereocenters. The van der Waals surface area contributed by atoms with E-state index in [-0.39, 0.29) is 11.4 Å². The van der Waals surface area contributed by atoms with Gasteiger partial charge in [0.2, 0.25) is 0 Å². The van der Waals surface area contributed by atoms with Gasteiger partial charge in [0, 0.05) is 64.3 Å². The molecular formula is C23H34ClN5O2. The summed E-state index contributed by atoms with van der Waals surface area (Å²) in [5.41, 5.74) is 0.732. The van der Waals surface area contributed by atoms with E-state index in [0.29, 0.717) is 36.3 Å². The minimum Gasteiger partial charge on any atom is -0.491 e. The van der Waals surface area contributed by atoms with Gasteiger partial charge in [-0.05, 0) is 30.4 Å². The number of urea groups is 1. The summed E-state index contributed by atoms with van der Waals surface area (Å²) in [4.78, 5) is 26.9. The average Bonchev–Trinajstić information content (AvgIpc) is 2.93. The highest BCUT2D eigenvalue weighted by Gasteiger charge is 2.27. The molecule has 0 fully saturated rings. The van der Waals surface area contributed by atoms with Gasteiger partial charge in [-0.25, -0.2) is 9.79 Å². The van der Waals surface area contributed by atoms with E-state index in [1.807, 2.05) is 25.1 Å². The molecule has 0 aromatic heterocycles. The highest BCUT2D eigenvalue weighted by molar-refractivity contribution is 6.30. The van der Waals surface area contributed by atoms with Gasteiger partial charge in [-0.1, -0.05) is 32.0 Å². The van der Waals surface area contributed by atoms with Gasteiger partial charge in [-0.2, -0.15) is 0 Å². The molecule has 0 spiro atoms. The number of fused-ring (bicyclic) bond motifs is 1. The number of aliphatic imine (C=N–C) groups is 2. The van der Waals surface area contributed by atoms with Crippen molar-refractivity contribution in [3.8, 4) is 5.75 Å². The number of carbonyl (C=O) groups excluding carboxylic acids is 1. The topological polar surface area (TPSA) is 60.7 Å². The summed E-state index contributed by atoms with van der Waals surface area (Å²) < 4.78 is 5.77. The van der Waals surface area contributed by atoms with Crippen LogP contribution >= 0.6 is 11.6 Å². The quantitative estimate of drug-likeness (QED) is 0.548. The highest BCUT2D eigenvalue weighted by Crippen LogP contribution is 2.34. The van der Waals surface area contributed by atoms with E-state index >= 15 is 0 Å². The summed E-state index contributed by atoms with van der Waals surface area (Å²) >= 11 is 6.10. The van der Waals surface area contributed by atoms with Gasteiger partial charge in [0.25, 0.3) is 0 Å². The summed E-state index contributed by atoms with van der Waals surface area (Å²) in [5, 5.41) is 0.597. The van der Waals surface area contributed by atoms with Crippen molar-refractivity contribution in [3.63, 3.8) is 0 Å². The van der Waals surface area contributed by atoms with Gasteiger partial charge in [0.05, 0.1) is 12.3 Å². The van der Waals surface area contributed by atoms with Crippen LogP contribution < -0.4 is 9.64 Å². The molecule has 0 atom stereocenters. The average molecular weight is 448 g/mol. The fourth-order valence-electron chi connectivity index (χ4n) is 3.42. The van der Waals surface area contributed by atoms with Crippen molar-refractivity contribution >= 4 is 35.7 Å². The molecule has 2 amide bonds. The van der Waals surface area contributed by atoms with Crippen LogP contribution in [0.4, 0.5) is 10.5 Å². The van der Waals surface area contributed by atoms with Crippen LogP contribution in [0.1, 0.15) is 26.7 Å². The largest absolute Gasteiger partial charge is 0.491 e. The number of carbonyl (C=O) groups is 1. The van der Waals surface area contributed by atoms with Crippen molar-refractivity contribution in [2.45, 2.75) is 26.7 Å². The molecule has 1 aliphatic rings. The molecule has 0 saturated heterocycles. The van der Waals surface area contributed by atoms with E-state index in [2.05, 4.69) is 30.4 Å². The fraction of sp³-hybridized carbons (Fsp3) is 0.522. The van der Waals surface area contributed by atoms with Crippen LogP contribution in [0.2, 0.25) is 5.02 Å². The number of rotatable bonds is 8. The van der Waals surface area contributed by atoms with Crippen molar-refractivity contribution in [3.05, 3.63) is 35.6 Å². The number of amides is 2. The molecule has 0 saturated carbocycles. The second-order valence-corrected chi connectivity index (χ2v) is 8.98. The maximum Gasteiger partial charge on any atom is 0.324 e. The predicted octanol–water partition coefficient (Wildman–Crippen LogP) is 4.57. The Kier molecular flexibility index (Phi) is 8.92. The van der Waals surface area contributed by atoms with Gasteiger partial charge in [0.15, 0.2) is 0 Å². The van der Waals surface area contributed by atoms with E-state index in [4.69, 9.17) is 16.3 Å².